The smallest absolute Gasteiger partial charge is 0.223 e. The first-order valence-corrected chi connectivity index (χ1v) is 7.93. The van der Waals surface area contributed by atoms with Gasteiger partial charge in [-0.1, -0.05) is 63.9 Å². The molecule has 0 fully saturated rings. The van der Waals surface area contributed by atoms with Crippen molar-refractivity contribution >= 4 is 5.91 Å². The summed E-state index contributed by atoms with van der Waals surface area (Å²) in [7, 11) is 0. The van der Waals surface area contributed by atoms with Gasteiger partial charge in [-0.2, -0.15) is 0 Å². The topological polar surface area (TPSA) is 29.1 Å². The minimum Gasteiger partial charge on any atom is -0.352 e. The fourth-order valence-corrected chi connectivity index (χ4v) is 2.78. The van der Waals surface area contributed by atoms with E-state index in [1.54, 1.807) is 0 Å². The van der Waals surface area contributed by atoms with E-state index >= 15 is 0 Å². The summed E-state index contributed by atoms with van der Waals surface area (Å²) in [5.41, 5.74) is 3.84. The van der Waals surface area contributed by atoms with E-state index in [1.807, 2.05) is 0 Å². The van der Waals surface area contributed by atoms with Crippen LogP contribution >= 0.6 is 0 Å². The number of carbonyl (C=O) groups is 1. The first kappa shape index (κ1) is 17.7. The third kappa shape index (κ3) is 6.33. The van der Waals surface area contributed by atoms with Crippen molar-refractivity contribution in [2.75, 3.05) is 0 Å². The molecule has 0 aliphatic heterocycles. The standard InChI is InChI=1S/C19H31NO/c1-13(2)17(11-19(5,6)7)18(21)20-12-16-9-14(3)8-15(4)10-16/h8-10,13,17H,11-12H2,1-7H3,(H,20,21). The molecule has 1 aromatic rings. The SMILES string of the molecule is Cc1cc(C)cc(CNC(=O)C(CC(C)(C)C)C(C)C)c1. The van der Waals surface area contributed by atoms with Crippen molar-refractivity contribution in [3.05, 3.63) is 34.9 Å². The number of benzene rings is 1. The van der Waals surface area contributed by atoms with Gasteiger partial charge in [0.25, 0.3) is 0 Å². The molecule has 1 unspecified atom stereocenters. The largest absolute Gasteiger partial charge is 0.352 e. The average Bonchev–Trinajstić information content (AvgIpc) is 2.30. The summed E-state index contributed by atoms with van der Waals surface area (Å²) in [6.45, 7) is 15.6. The van der Waals surface area contributed by atoms with Gasteiger partial charge in [0, 0.05) is 12.5 Å². The second-order valence-corrected chi connectivity index (χ2v) is 7.83. The lowest BCUT2D eigenvalue weighted by atomic mass is 9.79. The Morgan fingerprint density at radius 1 is 1.10 bits per heavy atom. The van der Waals surface area contributed by atoms with Crippen molar-refractivity contribution < 1.29 is 4.79 Å². The van der Waals surface area contributed by atoms with Crippen LogP contribution in [0.3, 0.4) is 0 Å². The molecular formula is C19H31NO. The molecule has 118 valence electrons. The highest BCUT2D eigenvalue weighted by Crippen LogP contribution is 2.29. The van der Waals surface area contributed by atoms with E-state index in [-0.39, 0.29) is 17.2 Å². The average molecular weight is 289 g/mol. The lowest BCUT2D eigenvalue weighted by Crippen LogP contribution is -2.35. The van der Waals surface area contributed by atoms with Gasteiger partial charge in [0.1, 0.15) is 0 Å². The van der Waals surface area contributed by atoms with E-state index in [0.29, 0.717) is 12.5 Å². The zero-order valence-corrected chi connectivity index (χ0v) is 14.7. The summed E-state index contributed by atoms with van der Waals surface area (Å²) in [6, 6.07) is 6.44. The molecule has 0 aromatic heterocycles. The zero-order chi connectivity index (χ0) is 16.2. The Bertz CT molecular complexity index is 463. The molecule has 0 aliphatic carbocycles. The fraction of sp³-hybridized carbons (Fsp3) is 0.632. The molecule has 0 bridgehead atoms. The summed E-state index contributed by atoms with van der Waals surface area (Å²) in [4.78, 5) is 12.5. The third-order valence-corrected chi connectivity index (χ3v) is 3.72. The number of carbonyl (C=O) groups excluding carboxylic acids is 1. The first-order chi connectivity index (χ1) is 9.58. The monoisotopic (exact) mass is 289 g/mol. The lowest BCUT2D eigenvalue weighted by Gasteiger charge is -2.28. The fourth-order valence-electron chi connectivity index (χ4n) is 2.78. The van der Waals surface area contributed by atoms with Crippen molar-refractivity contribution in [2.45, 2.75) is 61.4 Å². The highest BCUT2D eigenvalue weighted by molar-refractivity contribution is 5.78. The van der Waals surface area contributed by atoms with Crippen molar-refractivity contribution in [3.8, 4) is 0 Å². The summed E-state index contributed by atoms with van der Waals surface area (Å²) in [6.07, 6.45) is 0.920. The van der Waals surface area contributed by atoms with Crippen LogP contribution in [0, 0.1) is 31.1 Å². The predicted molar refractivity (Wildman–Crippen MR) is 90.2 cm³/mol. The Morgan fingerprint density at radius 2 is 1.62 bits per heavy atom. The summed E-state index contributed by atoms with van der Waals surface area (Å²) in [5.74, 6) is 0.624. The van der Waals surface area contributed by atoms with E-state index in [4.69, 9.17) is 0 Å². The molecule has 1 atom stereocenters. The van der Waals surface area contributed by atoms with Crippen LogP contribution in [-0.2, 0) is 11.3 Å². The minimum atomic E-state index is 0.0795. The number of hydrogen-bond acceptors (Lipinski definition) is 1. The third-order valence-electron chi connectivity index (χ3n) is 3.72. The van der Waals surface area contributed by atoms with E-state index in [2.05, 4.69) is 72.0 Å². The van der Waals surface area contributed by atoms with Gasteiger partial charge in [0.05, 0.1) is 0 Å². The molecule has 0 saturated heterocycles. The summed E-state index contributed by atoms with van der Waals surface area (Å²) >= 11 is 0. The van der Waals surface area contributed by atoms with Gasteiger partial charge in [-0.25, -0.2) is 0 Å². The van der Waals surface area contributed by atoms with Gasteiger partial charge in [-0.3, -0.25) is 4.79 Å². The van der Waals surface area contributed by atoms with E-state index in [9.17, 15) is 4.79 Å². The molecule has 2 nitrogen and oxygen atoms in total. The maximum absolute atomic E-state index is 12.5. The first-order valence-electron chi connectivity index (χ1n) is 7.93. The molecular weight excluding hydrogens is 258 g/mol. The Labute approximate surface area is 130 Å². The zero-order valence-electron chi connectivity index (χ0n) is 14.7. The van der Waals surface area contributed by atoms with Crippen molar-refractivity contribution in [2.24, 2.45) is 17.3 Å². The van der Waals surface area contributed by atoms with Crippen LogP contribution in [0.15, 0.2) is 18.2 Å². The van der Waals surface area contributed by atoms with Crippen LogP contribution in [0.25, 0.3) is 0 Å². The van der Waals surface area contributed by atoms with Crippen LogP contribution in [-0.4, -0.2) is 5.91 Å². The quantitative estimate of drug-likeness (QED) is 0.841. The molecule has 1 aromatic carbocycles. The number of nitrogens with one attached hydrogen (secondary N) is 1. The predicted octanol–water partition coefficient (Wildman–Crippen LogP) is 4.63. The molecule has 0 heterocycles. The van der Waals surface area contributed by atoms with Crippen LogP contribution in [0.2, 0.25) is 0 Å². The lowest BCUT2D eigenvalue weighted by molar-refractivity contribution is -0.127. The van der Waals surface area contributed by atoms with Gasteiger partial charge < -0.3 is 5.32 Å². The van der Waals surface area contributed by atoms with Gasteiger partial charge in [-0.15, -0.1) is 0 Å². The molecule has 0 aliphatic rings. The van der Waals surface area contributed by atoms with Crippen molar-refractivity contribution in [1.29, 1.82) is 0 Å². The van der Waals surface area contributed by atoms with Gasteiger partial charge >= 0.3 is 0 Å². The van der Waals surface area contributed by atoms with E-state index < -0.39 is 0 Å². The Kier molecular flexibility index (Phi) is 6.00. The summed E-state index contributed by atoms with van der Waals surface area (Å²) in [5, 5.41) is 3.12. The number of hydrogen-bond donors (Lipinski definition) is 1. The van der Waals surface area contributed by atoms with E-state index in [0.717, 1.165) is 6.42 Å². The molecule has 2 heteroatoms. The Hall–Kier alpha value is -1.31. The second kappa shape index (κ2) is 7.11. The van der Waals surface area contributed by atoms with Crippen LogP contribution in [0.4, 0.5) is 0 Å². The van der Waals surface area contributed by atoms with Gasteiger partial charge in [0.15, 0.2) is 0 Å². The Balaban J connectivity index is 2.69. The van der Waals surface area contributed by atoms with Gasteiger partial charge in [0.2, 0.25) is 5.91 Å². The summed E-state index contributed by atoms with van der Waals surface area (Å²) < 4.78 is 0. The highest BCUT2D eigenvalue weighted by Gasteiger charge is 2.27. The van der Waals surface area contributed by atoms with Crippen LogP contribution in [0.1, 0.15) is 57.7 Å². The van der Waals surface area contributed by atoms with Crippen molar-refractivity contribution in [3.63, 3.8) is 0 Å². The molecule has 1 rings (SSSR count). The maximum atomic E-state index is 12.5. The van der Waals surface area contributed by atoms with E-state index in [1.165, 1.54) is 16.7 Å². The van der Waals surface area contributed by atoms with Crippen molar-refractivity contribution in [1.82, 2.24) is 5.32 Å². The number of amides is 1. The van der Waals surface area contributed by atoms with Gasteiger partial charge in [-0.05, 0) is 37.2 Å². The normalized spacial score (nSPS) is 13.3. The number of aryl methyl sites for hydroxylation is 2. The molecule has 0 spiro atoms. The second-order valence-electron chi connectivity index (χ2n) is 7.83. The molecule has 21 heavy (non-hydrogen) atoms. The molecule has 1 N–H and O–H groups in total. The highest BCUT2D eigenvalue weighted by atomic mass is 16.1. The molecule has 1 amide bonds. The Morgan fingerprint density at radius 3 is 2.05 bits per heavy atom. The van der Waals surface area contributed by atoms with Crippen LogP contribution < -0.4 is 5.32 Å². The minimum absolute atomic E-state index is 0.0795. The molecule has 0 radical (unpaired) electrons. The maximum Gasteiger partial charge on any atom is 0.223 e. The molecule has 0 saturated carbocycles. The van der Waals surface area contributed by atoms with Crippen LogP contribution in [0.5, 0.6) is 0 Å². The number of rotatable bonds is 5.